The summed E-state index contributed by atoms with van der Waals surface area (Å²) in [5.41, 5.74) is 2.23. The van der Waals surface area contributed by atoms with Crippen LogP contribution < -0.4 is 10.9 Å². The van der Waals surface area contributed by atoms with Crippen LogP contribution in [0.15, 0.2) is 54.6 Å². The van der Waals surface area contributed by atoms with E-state index in [-0.39, 0.29) is 12.5 Å². The lowest BCUT2D eigenvalue weighted by Crippen LogP contribution is -2.39. The quantitative estimate of drug-likeness (QED) is 0.648. The van der Waals surface area contributed by atoms with E-state index < -0.39 is 0 Å². The van der Waals surface area contributed by atoms with Gasteiger partial charge in [-0.15, -0.1) is 0 Å². The first kappa shape index (κ1) is 9.97. The maximum Gasteiger partial charge on any atom is 0.206 e. The molecule has 0 heterocycles. The van der Waals surface area contributed by atoms with Crippen molar-refractivity contribution in [3.63, 3.8) is 0 Å². The number of rotatable bonds is 2. The van der Waals surface area contributed by atoms with Crippen LogP contribution in [0, 0.1) is 5.82 Å². The molecular weight excluding hydrogens is 186 g/mol. The Hall–Kier alpha value is -1.57. The third-order valence-corrected chi connectivity index (χ3v) is 2.65. The Labute approximate surface area is 89.8 Å². The smallest absolute Gasteiger partial charge is 0.206 e. The highest BCUT2D eigenvalue weighted by atomic mass is 19.1. The van der Waals surface area contributed by atoms with Crippen molar-refractivity contribution < 1.29 is 4.39 Å². The van der Waals surface area contributed by atoms with Gasteiger partial charge in [-0.25, -0.2) is 4.39 Å². The Bertz CT molecular complexity index is 439. The molecule has 0 aliphatic carbocycles. The average molecular weight is 198 g/mol. The van der Waals surface area contributed by atoms with Crippen molar-refractivity contribution in [1.29, 1.82) is 0 Å². The van der Waals surface area contributed by atoms with E-state index in [2.05, 4.69) is 19.0 Å². The molecule has 0 aliphatic heterocycles. The van der Waals surface area contributed by atoms with Crippen molar-refractivity contribution in [3.05, 3.63) is 60.4 Å². The molecule has 0 atom stereocenters. The van der Waals surface area contributed by atoms with Gasteiger partial charge in [0.2, 0.25) is 6.71 Å². The zero-order chi connectivity index (χ0) is 10.7. The molecular formula is C13H12BF. The van der Waals surface area contributed by atoms with Crippen LogP contribution in [0.5, 0.6) is 0 Å². The van der Waals surface area contributed by atoms with Gasteiger partial charge in [0.1, 0.15) is 5.82 Å². The maximum absolute atomic E-state index is 13.0. The molecule has 15 heavy (non-hydrogen) atoms. The summed E-state index contributed by atoms with van der Waals surface area (Å²) in [6, 6.07) is 16.9. The lowest BCUT2D eigenvalue weighted by molar-refractivity contribution is 0.629. The van der Waals surface area contributed by atoms with Gasteiger partial charge in [0.05, 0.1) is 0 Å². The standard InChI is InChI=1S/C13H12BF/c1-14(11-6-3-2-4-7-11)12-8-5-9-13(15)10-12/h2-10H,1H3. The molecule has 0 aromatic heterocycles. The van der Waals surface area contributed by atoms with E-state index in [9.17, 15) is 4.39 Å². The van der Waals surface area contributed by atoms with Crippen LogP contribution in [0.1, 0.15) is 0 Å². The van der Waals surface area contributed by atoms with Gasteiger partial charge in [-0.3, -0.25) is 0 Å². The summed E-state index contributed by atoms with van der Waals surface area (Å²) in [4.78, 5) is 0. The SMILES string of the molecule is CB(c1ccccc1)c1cccc(F)c1. The summed E-state index contributed by atoms with van der Waals surface area (Å²) in [5, 5.41) is 0. The van der Waals surface area contributed by atoms with Crippen LogP contribution in [0.25, 0.3) is 0 Å². The zero-order valence-electron chi connectivity index (χ0n) is 8.65. The van der Waals surface area contributed by atoms with Gasteiger partial charge in [-0.05, 0) is 12.1 Å². The van der Waals surface area contributed by atoms with Gasteiger partial charge in [-0.1, -0.05) is 60.2 Å². The number of halogens is 1. The van der Waals surface area contributed by atoms with Gasteiger partial charge >= 0.3 is 0 Å². The van der Waals surface area contributed by atoms with E-state index in [1.807, 2.05) is 24.3 Å². The molecule has 0 amide bonds. The van der Waals surface area contributed by atoms with Gasteiger partial charge in [0.15, 0.2) is 0 Å². The minimum Gasteiger partial charge on any atom is -0.207 e. The number of hydrogen-bond donors (Lipinski definition) is 0. The van der Waals surface area contributed by atoms with Crippen molar-refractivity contribution >= 4 is 17.6 Å². The number of hydrogen-bond acceptors (Lipinski definition) is 0. The van der Waals surface area contributed by atoms with Crippen LogP contribution in [0.4, 0.5) is 4.39 Å². The average Bonchev–Trinajstić information content (AvgIpc) is 2.29. The van der Waals surface area contributed by atoms with E-state index in [1.54, 1.807) is 12.1 Å². The Morgan fingerprint density at radius 1 is 0.867 bits per heavy atom. The lowest BCUT2D eigenvalue weighted by Gasteiger charge is -2.08. The molecule has 0 fully saturated rings. The molecule has 0 N–H and O–H groups in total. The highest BCUT2D eigenvalue weighted by Crippen LogP contribution is 1.96. The first-order chi connectivity index (χ1) is 7.27. The van der Waals surface area contributed by atoms with Crippen molar-refractivity contribution in [2.24, 2.45) is 0 Å². The van der Waals surface area contributed by atoms with E-state index in [4.69, 9.17) is 0 Å². The minimum atomic E-state index is -0.171. The summed E-state index contributed by atoms with van der Waals surface area (Å²) in [7, 11) is 0. The largest absolute Gasteiger partial charge is 0.207 e. The van der Waals surface area contributed by atoms with Gasteiger partial charge < -0.3 is 0 Å². The second-order valence-electron chi connectivity index (χ2n) is 3.69. The third-order valence-electron chi connectivity index (χ3n) is 2.65. The fourth-order valence-electron chi connectivity index (χ4n) is 1.71. The molecule has 2 rings (SSSR count). The topological polar surface area (TPSA) is 0 Å². The second kappa shape index (κ2) is 4.30. The predicted octanol–water partition coefficient (Wildman–Crippen LogP) is 2.06. The second-order valence-corrected chi connectivity index (χ2v) is 3.69. The van der Waals surface area contributed by atoms with Crippen LogP contribution in [0.2, 0.25) is 6.82 Å². The van der Waals surface area contributed by atoms with E-state index in [1.165, 1.54) is 11.5 Å². The molecule has 0 radical (unpaired) electrons. The number of benzene rings is 2. The van der Waals surface area contributed by atoms with Gasteiger partial charge in [0.25, 0.3) is 0 Å². The minimum absolute atomic E-state index is 0.171. The fraction of sp³-hybridized carbons (Fsp3) is 0.0769. The highest BCUT2D eigenvalue weighted by Gasteiger charge is 2.12. The monoisotopic (exact) mass is 198 g/mol. The molecule has 0 nitrogen and oxygen atoms in total. The van der Waals surface area contributed by atoms with E-state index in [0.717, 1.165) is 5.46 Å². The van der Waals surface area contributed by atoms with Crippen molar-refractivity contribution in [2.45, 2.75) is 6.82 Å². The normalized spacial score (nSPS) is 10.0. The van der Waals surface area contributed by atoms with Gasteiger partial charge in [0, 0.05) is 0 Å². The molecule has 0 unspecified atom stereocenters. The summed E-state index contributed by atoms with van der Waals surface area (Å²) in [5.74, 6) is -0.171. The molecule has 2 aromatic carbocycles. The molecule has 74 valence electrons. The Morgan fingerprint density at radius 2 is 1.53 bits per heavy atom. The molecule has 0 aliphatic rings. The van der Waals surface area contributed by atoms with Crippen LogP contribution in [0.3, 0.4) is 0 Å². The first-order valence-electron chi connectivity index (χ1n) is 5.08. The van der Waals surface area contributed by atoms with E-state index >= 15 is 0 Å². The zero-order valence-corrected chi connectivity index (χ0v) is 8.65. The fourth-order valence-corrected chi connectivity index (χ4v) is 1.71. The maximum atomic E-state index is 13.0. The lowest BCUT2D eigenvalue weighted by atomic mass is 9.43. The Morgan fingerprint density at radius 3 is 2.20 bits per heavy atom. The molecule has 0 saturated carbocycles. The van der Waals surface area contributed by atoms with E-state index in [0.29, 0.717) is 0 Å². The van der Waals surface area contributed by atoms with Crippen LogP contribution >= 0.6 is 0 Å². The van der Waals surface area contributed by atoms with Crippen molar-refractivity contribution in [1.82, 2.24) is 0 Å². The van der Waals surface area contributed by atoms with Crippen LogP contribution in [-0.4, -0.2) is 6.71 Å². The Balaban J connectivity index is 2.32. The predicted molar refractivity (Wildman–Crippen MR) is 63.7 cm³/mol. The summed E-state index contributed by atoms with van der Waals surface area (Å²) in [6.07, 6.45) is 0. The van der Waals surface area contributed by atoms with Crippen molar-refractivity contribution in [3.8, 4) is 0 Å². The first-order valence-corrected chi connectivity index (χ1v) is 5.08. The third kappa shape index (κ3) is 2.27. The molecule has 0 spiro atoms. The summed E-state index contributed by atoms with van der Waals surface area (Å²) >= 11 is 0. The molecule has 2 heteroatoms. The summed E-state index contributed by atoms with van der Waals surface area (Å²) < 4.78 is 13.0. The van der Waals surface area contributed by atoms with Crippen LogP contribution in [-0.2, 0) is 0 Å². The molecule has 0 bridgehead atoms. The van der Waals surface area contributed by atoms with Crippen molar-refractivity contribution in [2.75, 3.05) is 0 Å². The summed E-state index contributed by atoms with van der Waals surface area (Å²) in [6.45, 7) is 2.33. The van der Waals surface area contributed by atoms with Gasteiger partial charge in [-0.2, -0.15) is 0 Å². The Kier molecular flexibility index (Phi) is 2.86. The molecule has 2 aromatic rings. The molecule has 0 saturated heterocycles. The highest BCUT2D eigenvalue weighted by molar-refractivity contribution is 6.84.